The molecule has 0 radical (unpaired) electrons. The van der Waals surface area contributed by atoms with E-state index in [2.05, 4.69) is 15.3 Å². The molecule has 0 saturated carbocycles. The van der Waals surface area contributed by atoms with Crippen LogP contribution in [0.5, 0.6) is 5.88 Å². The standard InChI is InChI=1S/C18H23N3O3/c1-14(12-18(22)23)11-15-6-7-17(21-13-15)24-10-4-9-20-16-5-2-3-8-19-16/h2-3,5-8,13-14H,4,9-12H2,1H3,(H,19,20)(H,22,23). The van der Waals surface area contributed by atoms with Gasteiger partial charge in [-0.1, -0.05) is 19.1 Å². The molecule has 0 fully saturated rings. The van der Waals surface area contributed by atoms with Crippen LogP contribution in [0.2, 0.25) is 0 Å². The Morgan fingerprint density at radius 1 is 1.29 bits per heavy atom. The maximum atomic E-state index is 10.7. The molecule has 2 N–H and O–H groups in total. The number of nitrogens with one attached hydrogen (secondary N) is 1. The lowest BCUT2D eigenvalue weighted by molar-refractivity contribution is -0.137. The quantitative estimate of drug-likeness (QED) is 0.652. The van der Waals surface area contributed by atoms with Crippen molar-refractivity contribution in [2.75, 3.05) is 18.5 Å². The van der Waals surface area contributed by atoms with Crippen LogP contribution in [-0.2, 0) is 11.2 Å². The molecule has 128 valence electrons. The predicted molar refractivity (Wildman–Crippen MR) is 92.2 cm³/mol. The third-order valence-electron chi connectivity index (χ3n) is 3.45. The summed E-state index contributed by atoms with van der Waals surface area (Å²) in [6.07, 6.45) is 5.21. The van der Waals surface area contributed by atoms with Crippen molar-refractivity contribution in [3.8, 4) is 5.88 Å². The minimum absolute atomic E-state index is 0.0914. The number of pyridine rings is 2. The summed E-state index contributed by atoms with van der Waals surface area (Å²) in [4.78, 5) is 19.1. The van der Waals surface area contributed by atoms with Crippen molar-refractivity contribution < 1.29 is 14.6 Å². The smallest absolute Gasteiger partial charge is 0.303 e. The Balaban J connectivity index is 1.65. The van der Waals surface area contributed by atoms with E-state index >= 15 is 0 Å². The number of aromatic nitrogens is 2. The highest BCUT2D eigenvalue weighted by Gasteiger charge is 2.09. The van der Waals surface area contributed by atoms with E-state index in [0.29, 0.717) is 18.9 Å². The van der Waals surface area contributed by atoms with Gasteiger partial charge in [-0.3, -0.25) is 4.79 Å². The number of ether oxygens (including phenoxy) is 1. The van der Waals surface area contributed by atoms with Gasteiger partial charge in [-0.05, 0) is 36.5 Å². The Bertz CT molecular complexity index is 617. The molecular formula is C18H23N3O3. The summed E-state index contributed by atoms with van der Waals surface area (Å²) in [6.45, 7) is 3.27. The number of hydrogen-bond acceptors (Lipinski definition) is 5. The lowest BCUT2D eigenvalue weighted by Gasteiger charge is -2.10. The molecule has 0 aliphatic rings. The van der Waals surface area contributed by atoms with Gasteiger partial charge >= 0.3 is 5.97 Å². The van der Waals surface area contributed by atoms with E-state index in [1.54, 1.807) is 12.4 Å². The third kappa shape index (κ3) is 6.64. The highest BCUT2D eigenvalue weighted by molar-refractivity contribution is 5.67. The van der Waals surface area contributed by atoms with Gasteiger partial charge in [-0.15, -0.1) is 0 Å². The molecule has 1 atom stereocenters. The van der Waals surface area contributed by atoms with Crippen LogP contribution in [0.1, 0.15) is 25.3 Å². The number of carboxylic acid groups (broad SMARTS) is 1. The fourth-order valence-electron chi connectivity index (χ4n) is 2.32. The highest BCUT2D eigenvalue weighted by Crippen LogP contribution is 2.14. The summed E-state index contributed by atoms with van der Waals surface area (Å²) in [5.41, 5.74) is 1.02. The molecule has 0 aliphatic heterocycles. The Morgan fingerprint density at radius 3 is 2.83 bits per heavy atom. The van der Waals surface area contributed by atoms with Crippen molar-refractivity contribution in [1.82, 2.24) is 9.97 Å². The summed E-state index contributed by atoms with van der Waals surface area (Å²) in [6, 6.07) is 9.51. The van der Waals surface area contributed by atoms with E-state index in [0.717, 1.165) is 24.3 Å². The van der Waals surface area contributed by atoms with E-state index in [1.165, 1.54) is 0 Å². The predicted octanol–water partition coefficient (Wildman–Crippen LogP) is 3.01. The van der Waals surface area contributed by atoms with Crippen LogP contribution >= 0.6 is 0 Å². The average Bonchev–Trinajstić information content (AvgIpc) is 2.56. The molecule has 0 saturated heterocycles. The van der Waals surface area contributed by atoms with E-state index in [-0.39, 0.29) is 12.3 Å². The van der Waals surface area contributed by atoms with Gasteiger partial charge in [0.15, 0.2) is 0 Å². The first-order valence-electron chi connectivity index (χ1n) is 8.08. The van der Waals surface area contributed by atoms with Gasteiger partial charge in [-0.2, -0.15) is 0 Å². The molecule has 0 spiro atoms. The van der Waals surface area contributed by atoms with Crippen molar-refractivity contribution in [2.45, 2.75) is 26.2 Å². The number of carbonyl (C=O) groups is 1. The Hall–Kier alpha value is -2.63. The van der Waals surface area contributed by atoms with Gasteiger partial charge in [0, 0.05) is 31.4 Å². The number of aliphatic carboxylic acids is 1. The Morgan fingerprint density at radius 2 is 2.17 bits per heavy atom. The summed E-state index contributed by atoms with van der Waals surface area (Å²) in [5, 5.41) is 12.0. The zero-order valence-corrected chi connectivity index (χ0v) is 13.8. The lowest BCUT2D eigenvalue weighted by Crippen LogP contribution is -2.09. The van der Waals surface area contributed by atoms with Gasteiger partial charge < -0.3 is 15.2 Å². The maximum Gasteiger partial charge on any atom is 0.303 e. The largest absolute Gasteiger partial charge is 0.481 e. The Labute approximate surface area is 141 Å². The fraction of sp³-hybridized carbons (Fsp3) is 0.389. The first-order chi connectivity index (χ1) is 11.6. The molecule has 2 aromatic rings. The lowest BCUT2D eigenvalue weighted by atomic mass is 9.99. The van der Waals surface area contributed by atoms with Crippen molar-refractivity contribution in [1.29, 1.82) is 0 Å². The zero-order valence-electron chi connectivity index (χ0n) is 13.8. The number of carboxylic acids is 1. The highest BCUT2D eigenvalue weighted by atomic mass is 16.5. The van der Waals surface area contributed by atoms with Gasteiger partial charge in [0.05, 0.1) is 6.61 Å². The second kappa shape index (κ2) is 9.50. The summed E-state index contributed by atoms with van der Waals surface area (Å²) in [5.74, 6) is 0.765. The number of nitrogens with zero attached hydrogens (tertiary/aromatic N) is 2. The molecule has 0 aliphatic carbocycles. The average molecular weight is 329 g/mol. The molecule has 2 rings (SSSR count). The van der Waals surface area contributed by atoms with Gasteiger partial charge in [0.1, 0.15) is 5.82 Å². The van der Waals surface area contributed by atoms with Crippen molar-refractivity contribution in [2.24, 2.45) is 5.92 Å². The van der Waals surface area contributed by atoms with E-state index in [9.17, 15) is 4.79 Å². The number of anilines is 1. The van der Waals surface area contributed by atoms with E-state index in [1.807, 2.05) is 37.3 Å². The molecule has 24 heavy (non-hydrogen) atoms. The van der Waals surface area contributed by atoms with Gasteiger partial charge in [0.25, 0.3) is 0 Å². The van der Waals surface area contributed by atoms with Crippen LogP contribution in [0.3, 0.4) is 0 Å². The normalized spacial score (nSPS) is 11.7. The second-order valence-corrected chi connectivity index (χ2v) is 5.76. The van der Waals surface area contributed by atoms with Gasteiger partial charge in [-0.25, -0.2) is 9.97 Å². The Kier molecular flexibility index (Phi) is 7.01. The molecule has 2 heterocycles. The molecule has 6 heteroatoms. The van der Waals surface area contributed by atoms with Crippen molar-refractivity contribution >= 4 is 11.8 Å². The molecule has 1 unspecified atom stereocenters. The van der Waals surface area contributed by atoms with Crippen molar-refractivity contribution in [3.63, 3.8) is 0 Å². The van der Waals surface area contributed by atoms with Crippen LogP contribution in [0.15, 0.2) is 42.7 Å². The van der Waals surface area contributed by atoms with Crippen molar-refractivity contribution in [3.05, 3.63) is 48.3 Å². The zero-order chi connectivity index (χ0) is 17.2. The fourth-order valence-corrected chi connectivity index (χ4v) is 2.32. The monoisotopic (exact) mass is 329 g/mol. The SMILES string of the molecule is CC(CC(=O)O)Cc1ccc(OCCCNc2ccccn2)nc1. The molecule has 0 bridgehead atoms. The molecule has 0 amide bonds. The minimum Gasteiger partial charge on any atom is -0.481 e. The van der Waals surface area contributed by atoms with E-state index < -0.39 is 5.97 Å². The third-order valence-corrected chi connectivity index (χ3v) is 3.45. The van der Waals surface area contributed by atoms with Crippen LogP contribution in [0, 0.1) is 5.92 Å². The van der Waals surface area contributed by atoms with Crippen LogP contribution < -0.4 is 10.1 Å². The summed E-state index contributed by atoms with van der Waals surface area (Å²) < 4.78 is 5.60. The molecule has 0 aromatic carbocycles. The van der Waals surface area contributed by atoms with E-state index in [4.69, 9.17) is 9.84 Å². The topological polar surface area (TPSA) is 84.3 Å². The van der Waals surface area contributed by atoms with Gasteiger partial charge in [0.2, 0.25) is 5.88 Å². The summed E-state index contributed by atoms with van der Waals surface area (Å²) in [7, 11) is 0. The molecular weight excluding hydrogens is 306 g/mol. The molecule has 2 aromatic heterocycles. The number of hydrogen-bond donors (Lipinski definition) is 2. The molecule has 6 nitrogen and oxygen atoms in total. The van der Waals surface area contributed by atoms with Crippen LogP contribution in [0.25, 0.3) is 0 Å². The summed E-state index contributed by atoms with van der Waals surface area (Å²) >= 11 is 0. The first kappa shape index (κ1) is 17.7. The van der Waals surface area contributed by atoms with Crippen LogP contribution in [-0.4, -0.2) is 34.2 Å². The number of rotatable bonds is 10. The first-order valence-corrected chi connectivity index (χ1v) is 8.08. The maximum absolute atomic E-state index is 10.7. The second-order valence-electron chi connectivity index (χ2n) is 5.76. The van der Waals surface area contributed by atoms with Crippen LogP contribution in [0.4, 0.5) is 5.82 Å². The minimum atomic E-state index is -0.769.